The smallest absolute Gasteiger partial charge is 0.325 e. The molecule has 2 heterocycles. The van der Waals surface area contributed by atoms with E-state index in [1.165, 1.54) is 31.4 Å². The number of non-ortho nitro benzene ring substituents is 1. The molecule has 3 N–H and O–H groups in total. The number of nitrogens with one attached hydrogen (secondary N) is 2. The summed E-state index contributed by atoms with van der Waals surface area (Å²) < 4.78 is 6.34. The molecule has 0 saturated heterocycles. The van der Waals surface area contributed by atoms with Gasteiger partial charge in [0, 0.05) is 23.7 Å². The number of fused-ring (bicyclic) bond motifs is 1. The zero-order valence-electron chi connectivity index (χ0n) is 20.3. The van der Waals surface area contributed by atoms with Crippen LogP contribution in [0.4, 0.5) is 11.5 Å². The summed E-state index contributed by atoms with van der Waals surface area (Å²) in [5, 5.41) is 26.3. The molecule has 0 aliphatic rings. The first-order valence-electron chi connectivity index (χ1n) is 11.0. The molecule has 0 saturated carbocycles. The van der Waals surface area contributed by atoms with Crippen LogP contribution in [0.1, 0.15) is 54.8 Å². The van der Waals surface area contributed by atoms with Crippen molar-refractivity contribution < 1.29 is 29.2 Å². The van der Waals surface area contributed by atoms with Crippen LogP contribution in [0.15, 0.2) is 42.6 Å². The highest BCUT2D eigenvalue weighted by molar-refractivity contribution is 6.00. The Morgan fingerprint density at radius 2 is 1.94 bits per heavy atom. The highest BCUT2D eigenvalue weighted by Crippen LogP contribution is 2.31. The van der Waals surface area contributed by atoms with Crippen LogP contribution in [0.5, 0.6) is 0 Å². The monoisotopic (exact) mass is 497 g/mol. The van der Waals surface area contributed by atoms with Gasteiger partial charge in [-0.15, -0.1) is 0 Å². The van der Waals surface area contributed by atoms with Gasteiger partial charge in [0.05, 0.1) is 35.8 Å². The first kappa shape index (κ1) is 26.1. The summed E-state index contributed by atoms with van der Waals surface area (Å²) in [6, 6.07) is 7.60. The third-order valence-electron chi connectivity index (χ3n) is 5.40. The van der Waals surface area contributed by atoms with Crippen molar-refractivity contribution in [1.82, 2.24) is 14.7 Å². The van der Waals surface area contributed by atoms with Gasteiger partial charge in [0.25, 0.3) is 11.6 Å². The number of carboxylic acid groups (broad SMARTS) is 1. The quantitative estimate of drug-likeness (QED) is 0.229. The van der Waals surface area contributed by atoms with E-state index < -0.39 is 40.6 Å². The van der Waals surface area contributed by atoms with Crippen molar-refractivity contribution in [1.29, 1.82) is 0 Å². The topological polar surface area (TPSA) is 165 Å². The van der Waals surface area contributed by atoms with Crippen LogP contribution < -0.4 is 10.6 Å². The number of aliphatic carboxylic acids is 1. The molecule has 12 nitrogen and oxygen atoms in total. The number of anilines is 1. The van der Waals surface area contributed by atoms with Crippen LogP contribution >= 0.6 is 0 Å². The van der Waals surface area contributed by atoms with Gasteiger partial charge in [-0.25, -0.2) is 4.98 Å². The Hall–Kier alpha value is -4.48. The third-order valence-corrected chi connectivity index (χ3v) is 5.40. The minimum absolute atomic E-state index is 0.114. The molecule has 1 aromatic carbocycles. The van der Waals surface area contributed by atoms with Crippen molar-refractivity contribution >= 4 is 35.0 Å². The lowest BCUT2D eigenvalue weighted by atomic mass is 9.92. The molecule has 1 atom stereocenters. The Balaban J connectivity index is 2.03. The number of nitro groups is 1. The van der Waals surface area contributed by atoms with Crippen LogP contribution in [0.25, 0.3) is 5.65 Å². The maximum atomic E-state index is 13.3. The number of amides is 1. The number of esters is 1. The van der Waals surface area contributed by atoms with Gasteiger partial charge in [-0.1, -0.05) is 32.9 Å². The van der Waals surface area contributed by atoms with E-state index in [9.17, 15) is 29.6 Å². The second-order valence-electron chi connectivity index (χ2n) is 9.08. The van der Waals surface area contributed by atoms with E-state index in [1.54, 1.807) is 22.7 Å². The Kier molecular flexibility index (Phi) is 7.56. The third kappa shape index (κ3) is 5.77. The molecule has 1 unspecified atom stereocenters. The summed E-state index contributed by atoms with van der Waals surface area (Å²) >= 11 is 0. The second kappa shape index (κ2) is 10.4. The molecule has 36 heavy (non-hydrogen) atoms. The largest absolute Gasteiger partial charge is 0.481 e. The number of carbonyl (C=O) groups excluding carboxylic acids is 2. The number of hydrogen-bond acceptors (Lipinski definition) is 8. The van der Waals surface area contributed by atoms with Gasteiger partial charge in [-0.05, 0) is 17.7 Å². The number of ether oxygens (including phenoxy) is 1. The molecule has 2 aromatic heterocycles. The SMILES string of the molecule is COC(=O)CNc1c(C(C)(C)C)nc2c(C(=O)NC(CC(=O)O)c3cccc([N+](=O)[O-])c3)cccn12. The molecule has 3 aromatic rings. The van der Waals surface area contributed by atoms with Crippen LogP contribution in [-0.2, 0) is 19.7 Å². The Labute approximate surface area is 206 Å². The van der Waals surface area contributed by atoms with E-state index in [2.05, 4.69) is 15.6 Å². The van der Waals surface area contributed by atoms with E-state index in [0.29, 0.717) is 17.2 Å². The zero-order valence-corrected chi connectivity index (χ0v) is 20.3. The van der Waals surface area contributed by atoms with Crippen molar-refractivity contribution in [3.63, 3.8) is 0 Å². The fraction of sp³-hybridized carbons (Fsp3) is 0.333. The van der Waals surface area contributed by atoms with E-state index >= 15 is 0 Å². The van der Waals surface area contributed by atoms with Gasteiger partial charge >= 0.3 is 11.9 Å². The molecule has 0 radical (unpaired) electrons. The number of methoxy groups -OCH3 is 1. The number of carboxylic acids is 1. The van der Waals surface area contributed by atoms with E-state index in [0.717, 1.165) is 0 Å². The van der Waals surface area contributed by atoms with E-state index in [-0.39, 0.29) is 23.4 Å². The first-order chi connectivity index (χ1) is 16.9. The van der Waals surface area contributed by atoms with Crippen molar-refractivity contribution in [3.8, 4) is 0 Å². The summed E-state index contributed by atoms with van der Waals surface area (Å²) in [6.07, 6.45) is 1.20. The molecule has 0 aliphatic carbocycles. The summed E-state index contributed by atoms with van der Waals surface area (Å²) in [7, 11) is 1.28. The van der Waals surface area contributed by atoms with E-state index in [1.807, 2.05) is 20.8 Å². The minimum Gasteiger partial charge on any atom is -0.481 e. The number of rotatable bonds is 9. The average Bonchev–Trinajstić information content (AvgIpc) is 3.21. The van der Waals surface area contributed by atoms with Crippen LogP contribution in [0.2, 0.25) is 0 Å². The number of pyridine rings is 1. The second-order valence-corrected chi connectivity index (χ2v) is 9.08. The standard InChI is InChI=1S/C24H27N5O7/c1-24(2,3)20-22(25-13-19(32)36-4)28-10-6-9-16(21(28)27-20)23(33)26-17(12-18(30)31)14-7-5-8-15(11-14)29(34)35/h5-11,17,25H,12-13H2,1-4H3,(H,26,33)(H,30,31). The molecule has 0 spiro atoms. The molecule has 1 amide bonds. The highest BCUT2D eigenvalue weighted by Gasteiger charge is 2.28. The molecule has 3 rings (SSSR count). The number of nitro benzene ring substituents is 1. The summed E-state index contributed by atoms with van der Waals surface area (Å²) in [5.74, 6) is -1.76. The van der Waals surface area contributed by atoms with Crippen LogP contribution in [0, 0.1) is 10.1 Å². The molecule has 12 heteroatoms. The zero-order chi connectivity index (χ0) is 26.6. The van der Waals surface area contributed by atoms with Crippen molar-refractivity contribution in [2.24, 2.45) is 0 Å². The summed E-state index contributed by atoms with van der Waals surface area (Å²) in [4.78, 5) is 51.8. The maximum absolute atomic E-state index is 13.3. The lowest BCUT2D eigenvalue weighted by molar-refractivity contribution is -0.384. The molecular formula is C24H27N5O7. The predicted octanol–water partition coefficient (Wildman–Crippen LogP) is 3.07. The highest BCUT2D eigenvalue weighted by atomic mass is 16.6. The Morgan fingerprint density at radius 3 is 2.56 bits per heavy atom. The van der Waals surface area contributed by atoms with Crippen molar-refractivity contribution in [3.05, 3.63) is 69.5 Å². The van der Waals surface area contributed by atoms with Gasteiger partial charge in [0.2, 0.25) is 0 Å². The molecule has 0 bridgehead atoms. The number of hydrogen-bond donors (Lipinski definition) is 3. The first-order valence-corrected chi connectivity index (χ1v) is 11.0. The number of aromatic nitrogens is 2. The fourth-order valence-electron chi connectivity index (χ4n) is 3.68. The lowest BCUT2D eigenvalue weighted by Gasteiger charge is -2.18. The van der Waals surface area contributed by atoms with Crippen molar-refractivity contribution in [2.45, 2.75) is 38.6 Å². The van der Waals surface area contributed by atoms with Gasteiger partial charge in [0.15, 0.2) is 5.65 Å². The fourth-order valence-corrected chi connectivity index (χ4v) is 3.68. The maximum Gasteiger partial charge on any atom is 0.325 e. The number of carbonyl (C=O) groups is 3. The van der Waals surface area contributed by atoms with Gasteiger partial charge < -0.3 is 20.5 Å². The molecular weight excluding hydrogens is 470 g/mol. The Morgan fingerprint density at radius 1 is 1.22 bits per heavy atom. The summed E-state index contributed by atoms with van der Waals surface area (Å²) in [5.41, 5.74) is 0.671. The van der Waals surface area contributed by atoms with E-state index in [4.69, 9.17) is 4.74 Å². The van der Waals surface area contributed by atoms with Gasteiger partial charge in [-0.3, -0.25) is 28.9 Å². The normalized spacial score (nSPS) is 12.1. The summed E-state index contributed by atoms with van der Waals surface area (Å²) in [6.45, 7) is 5.69. The average molecular weight is 498 g/mol. The minimum atomic E-state index is -1.19. The Bertz CT molecular complexity index is 1330. The molecule has 190 valence electrons. The van der Waals surface area contributed by atoms with Crippen LogP contribution in [-0.4, -0.2) is 50.9 Å². The van der Waals surface area contributed by atoms with Crippen LogP contribution in [0.3, 0.4) is 0 Å². The molecule has 0 fully saturated rings. The number of imidazole rings is 1. The predicted molar refractivity (Wildman–Crippen MR) is 130 cm³/mol. The van der Waals surface area contributed by atoms with Gasteiger partial charge in [-0.2, -0.15) is 0 Å². The molecule has 0 aliphatic heterocycles. The van der Waals surface area contributed by atoms with Crippen molar-refractivity contribution in [2.75, 3.05) is 19.0 Å². The van der Waals surface area contributed by atoms with Gasteiger partial charge in [0.1, 0.15) is 12.4 Å². The number of nitrogens with zero attached hydrogens (tertiary/aromatic N) is 3. The lowest BCUT2D eigenvalue weighted by Crippen LogP contribution is -2.30. The number of benzene rings is 1.